The number of hydrogen-bond acceptors (Lipinski definition) is 3. The minimum atomic E-state index is -0.459. The molecule has 0 amide bonds. The van der Waals surface area contributed by atoms with Crippen molar-refractivity contribution in [1.29, 1.82) is 0 Å². The summed E-state index contributed by atoms with van der Waals surface area (Å²) in [5.74, 6) is 1.50. The molecule has 1 aromatic carbocycles. The van der Waals surface area contributed by atoms with Gasteiger partial charge in [-0.25, -0.2) is 0 Å². The quantitative estimate of drug-likeness (QED) is 0.806. The van der Waals surface area contributed by atoms with Crippen LogP contribution in [-0.2, 0) is 6.54 Å². The maximum atomic E-state index is 9.35. The molecule has 0 aliphatic carbocycles. The molecule has 1 rings (SSSR count). The lowest BCUT2D eigenvalue weighted by Gasteiger charge is -2.17. The highest BCUT2D eigenvalue weighted by molar-refractivity contribution is 9.10. The Kier molecular flexibility index (Phi) is 6.83. The van der Waals surface area contributed by atoms with Gasteiger partial charge in [0.05, 0.1) is 6.10 Å². The zero-order valence-corrected chi connectivity index (χ0v) is 13.8. The Morgan fingerprint density at radius 3 is 2.58 bits per heavy atom. The van der Waals surface area contributed by atoms with Crippen LogP contribution in [0.5, 0.6) is 5.75 Å². The highest BCUT2D eigenvalue weighted by atomic mass is 79.9. The number of ether oxygens (including phenoxy) is 1. The summed E-state index contributed by atoms with van der Waals surface area (Å²) < 4.78 is 6.78. The molecule has 1 atom stereocenters. The maximum Gasteiger partial charge on any atom is 0.126 e. The van der Waals surface area contributed by atoms with E-state index in [-0.39, 0.29) is 0 Å². The standard InChI is InChI=1S/C15H24BrNO2/c1-10(2)7-17-8-13-6-14(16)5-11(3)15(13)19-9-12(4)18/h5-6,10,12,17-18H,7-9H2,1-4H3. The monoisotopic (exact) mass is 329 g/mol. The third-order valence-electron chi connectivity index (χ3n) is 2.65. The SMILES string of the molecule is Cc1cc(Br)cc(CNCC(C)C)c1OCC(C)O. The van der Waals surface area contributed by atoms with E-state index in [4.69, 9.17) is 4.74 Å². The largest absolute Gasteiger partial charge is 0.490 e. The first-order valence-electron chi connectivity index (χ1n) is 6.70. The van der Waals surface area contributed by atoms with E-state index in [2.05, 4.69) is 41.2 Å². The molecule has 0 fully saturated rings. The number of benzene rings is 1. The van der Waals surface area contributed by atoms with Crippen LogP contribution in [0, 0.1) is 12.8 Å². The summed E-state index contributed by atoms with van der Waals surface area (Å²) in [5.41, 5.74) is 2.20. The van der Waals surface area contributed by atoms with Gasteiger partial charge in [0.1, 0.15) is 12.4 Å². The predicted octanol–water partition coefficient (Wildman–Crippen LogP) is 3.26. The summed E-state index contributed by atoms with van der Waals surface area (Å²) in [5, 5.41) is 12.8. The molecule has 0 radical (unpaired) electrons. The summed E-state index contributed by atoms with van der Waals surface area (Å²) in [4.78, 5) is 0. The van der Waals surface area contributed by atoms with Crippen molar-refractivity contribution >= 4 is 15.9 Å². The van der Waals surface area contributed by atoms with Gasteiger partial charge in [0.15, 0.2) is 0 Å². The molecule has 2 N–H and O–H groups in total. The molecule has 0 aliphatic rings. The fraction of sp³-hybridized carbons (Fsp3) is 0.600. The number of aryl methyl sites for hydroxylation is 1. The first-order chi connectivity index (χ1) is 8.90. The van der Waals surface area contributed by atoms with Crippen LogP contribution in [0.25, 0.3) is 0 Å². The molecule has 19 heavy (non-hydrogen) atoms. The zero-order valence-electron chi connectivity index (χ0n) is 12.2. The second-order valence-electron chi connectivity index (χ2n) is 5.40. The van der Waals surface area contributed by atoms with Gasteiger partial charge in [0, 0.05) is 16.6 Å². The smallest absolute Gasteiger partial charge is 0.126 e. The van der Waals surface area contributed by atoms with Crippen LogP contribution in [0.3, 0.4) is 0 Å². The number of aliphatic hydroxyl groups excluding tert-OH is 1. The van der Waals surface area contributed by atoms with Crippen molar-refractivity contribution in [2.45, 2.75) is 40.3 Å². The number of halogens is 1. The van der Waals surface area contributed by atoms with Crippen molar-refractivity contribution in [3.63, 3.8) is 0 Å². The number of nitrogens with one attached hydrogen (secondary N) is 1. The van der Waals surface area contributed by atoms with E-state index in [1.54, 1.807) is 6.92 Å². The topological polar surface area (TPSA) is 41.5 Å². The minimum absolute atomic E-state index is 0.319. The van der Waals surface area contributed by atoms with Crippen LogP contribution in [0.1, 0.15) is 31.9 Å². The fourth-order valence-corrected chi connectivity index (χ4v) is 2.46. The molecule has 0 saturated heterocycles. The van der Waals surface area contributed by atoms with E-state index in [1.165, 1.54) is 0 Å². The van der Waals surface area contributed by atoms with Gasteiger partial charge in [-0.15, -0.1) is 0 Å². The molecular formula is C15H24BrNO2. The summed E-state index contributed by atoms with van der Waals surface area (Å²) in [6.45, 7) is 10.2. The minimum Gasteiger partial charge on any atom is -0.490 e. The lowest BCUT2D eigenvalue weighted by atomic mass is 10.1. The molecule has 0 spiro atoms. The van der Waals surface area contributed by atoms with Crippen LogP contribution in [0.2, 0.25) is 0 Å². The lowest BCUT2D eigenvalue weighted by Crippen LogP contribution is -2.20. The van der Waals surface area contributed by atoms with E-state index in [0.717, 1.165) is 34.4 Å². The van der Waals surface area contributed by atoms with E-state index in [1.807, 2.05) is 13.0 Å². The van der Waals surface area contributed by atoms with Crippen molar-refractivity contribution in [2.24, 2.45) is 5.92 Å². The molecule has 1 aromatic rings. The number of hydrogen-bond donors (Lipinski definition) is 2. The van der Waals surface area contributed by atoms with Crippen molar-refractivity contribution in [1.82, 2.24) is 5.32 Å². The van der Waals surface area contributed by atoms with E-state index < -0.39 is 6.10 Å². The van der Waals surface area contributed by atoms with Crippen LogP contribution in [0.4, 0.5) is 0 Å². The summed E-state index contributed by atoms with van der Waals surface area (Å²) >= 11 is 3.52. The average Bonchev–Trinajstić information content (AvgIpc) is 2.26. The average molecular weight is 330 g/mol. The second kappa shape index (κ2) is 7.88. The third-order valence-corrected chi connectivity index (χ3v) is 3.11. The third kappa shape index (κ3) is 5.93. The molecule has 3 nitrogen and oxygen atoms in total. The van der Waals surface area contributed by atoms with E-state index >= 15 is 0 Å². The number of aliphatic hydroxyl groups is 1. The second-order valence-corrected chi connectivity index (χ2v) is 6.31. The number of rotatable bonds is 7. The lowest BCUT2D eigenvalue weighted by molar-refractivity contribution is 0.121. The molecule has 0 heterocycles. The van der Waals surface area contributed by atoms with Gasteiger partial charge in [-0.05, 0) is 44.0 Å². The first kappa shape index (κ1) is 16.5. The Bertz CT molecular complexity index is 405. The van der Waals surface area contributed by atoms with Crippen molar-refractivity contribution < 1.29 is 9.84 Å². The summed E-state index contributed by atoms with van der Waals surface area (Å²) in [6, 6.07) is 4.10. The highest BCUT2D eigenvalue weighted by Gasteiger charge is 2.10. The Morgan fingerprint density at radius 1 is 1.32 bits per heavy atom. The van der Waals surface area contributed by atoms with Gasteiger partial charge in [0.25, 0.3) is 0 Å². The molecule has 1 unspecified atom stereocenters. The normalized spacial score (nSPS) is 12.8. The Labute approximate surface area is 124 Å². The highest BCUT2D eigenvalue weighted by Crippen LogP contribution is 2.28. The van der Waals surface area contributed by atoms with Crippen LogP contribution < -0.4 is 10.1 Å². The Morgan fingerprint density at radius 2 is 2.00 bits per heavy atom. The van der Waals surface area contributed by atoms with Crippen LogP contribution in [-0.4, -0.2) is 24.4 Å². The fourth-order valence-electron chi connectivity index (χ4n) is 1.84. The molecular weight excluding hydrogens is 306 g/mol. The Hall–Kier alpha value is -0.580. The van der Waals surface area contributed by atoms with Crippen LogP contribution >= 0.6 is 15.9 Å². The molecule has 0 bridgehead atoms. The molecule has 0 aromatic heterocycles. The van der Waals surface area contributed by atoms with Gasteiger partial charge in [-0.1, -0.05) is 29.8 Å². The Balaban J connectivity index is 2.80. The van der Waals surface area contributed by atoms with Gasteiger partial charge < -0.3 is 15.2 Å². The zero-order chi connectivity index (χ0) is 14.4. The maximum absolute atomic E-state index is 9.35. The molecule has 108 valence electrons. The predicted molar refractivity (Wildman–Crippen MR) is 82.6 cm³/mol. The molecule has 0 saturated carbocycles. The van der Waals surface area contributed by atoms with Crippen molar-refractivity contribution in [3.8, 4) is 5.75 Å². The summed E-state index contributed by atoms with van der Waals surface area (Å²) in [6.07, 6.45) is -0.459. The van der Waals surface area contributed by atoms with Gasteiger partial charge in [-0.2, -0.15) is 0 Å². The van der Waals surface area contributed by atoms with E-state index in [0.29, 0.717) is 12.5 Å². The van der Waals surface area contributed by atoms with Crippen molar-refractivity contribution in [3.05, 3.63) is 27.7 Å². The van der Waals surface area contributed by atoms with Gasteiger partial charge >= 0.3 is 0 Å². The van der Waals surface area contributed by atoms with Crippen molar-refractivity contribution in [2.75, 3.05) is 13.2 Å². The van der Waals surface area contributed by atoms with Crippen LogP contribution in [0.15, 0.2) is 16.6 Å². The van der Waals surface area contributed by atoms with Gasteiger partial charge in [0.2, 0.25) is 0 Å². The molecule has 4 heteroatoms. The van der Waals surface area contributed by atoms with E-state index in [9.17, 15) is 5.11 Å². The molecule has 0 aliphatic heterocycles. The van der Waals surface area contributed by atoms with Gasteiger partial charge in [-0.3, -0.25) is 0 Å². The first-order valence-corrected chi connectivity index (χ1v) is 7.50. The summed E-state index contributed by atoms with van der Waals surface area (Å²) in [7, 11) is 0.